The molecule has 5 nitrogen and oxygen atoms in total. The van der Waals surface area contributed by atoms with E-state index in [1.807, 2.05) is 12.1 Å². The maximum Gasteiger partial charge on any atom is 0.257 e. The van der Waals surface area contributed by atoms with E-state index in [4.69, 9.17) is 9.47 Å². The second-order valence-electron chi connectivity index (χ2n) is 6.44. The van der Waals surface area contributed by atoms with Crippen LogP contribution in [0.25, 0.3) is 0 Å². The van der Waals surface area contributed by atoms with Gasteiger partial charge in [0.25, 0.3) is 5.88 Å². The second-order valence-corrected chi connectivity index (χ2v) is 8.14. The van der Waals surface area contributed by atoms with Gasteiger partial charge < -0.3 is 9.47 Å². The van der Waals surface area contributed by atoms with Gasteiger partial charge in [-0.1, -0.05) is 24.3 Å². The number of aromatic nitrogens is 1. The van der Waals surface area contributed by atoms with E-state index in [1.165, 1.54) is 5.56 Å². The normalized spacial score (nSPS) is 23.8. The summed E-state index contributed by atoms with van der Waals surface area (Å²) in [5.74, 6) is 2.89. The minimum absolute atomic E-state index is 0.128. The van der Waals surface area contributed by atoms with Crippen molar-refractivity contribution in [3.8, 4) is 11.6 Å². The van der Waals surface area contributed by atoms with Crippen molar-refractivity contribution in [3.05, 3.63) is 53.7 Å². The van der Waals surface area contributed by atoms with Gasteiger partial charge in [-0.05, 0) is 36.2 Å². The van der Waals surface area contributed by atoms with E-state index in [9.17, 15) is 4.21 Å². The molecule has 1 aromatic carbocycles. The van der Waals surface area contributed by atoms with Crippen molar-refractivity contribution in [2.75, 3.05) is 31.2 Å². The average Bonchev–Trinajstić information content (AvgIpc) is 2.86. The van der Waals surface area contributed by atoms with E-state index in [1.54, 1.807) is 6.20 Å². The highest BCUT2D eigenvalue weighted by Crippen LogP contribution is 2.33. The monoisotopic (exact) mass is 358 g/mol. The molecule has 0 amide bonds. The highest BCUT2D eigenvalue weighted by Gasteiger charge is 2.23. The van der Waals surface area contributed by atoms with E-state index in [2.05, 4.69) is 34.1 Å². The largest absolute Gasteiger partial charge is 0.484 e. The Morgan fingerprint density at radius 1 is 1.16 bits per heavy atom. The van der Waals surface area contributed by atoms with Crippen molar-refractivity contribution in [2.45, 2.75) is 19.1 Å². The summed E-state index contributed by atoms with van der Waals surface area (Å²) in [5.41, 5.74) is 2.36. The maximum atomic E-state index is 11.6. The zero-order valence-corrected chi connectivity index (χ0v) is 14.9. The van der Waals surface area contributed by atoms with Crippen LogP contribution in [0.3, 0.4) is 0 Å². The lowest BCUT2D eigenvalue weighted by molar-refractivity contribution is 0.0851. The Labute approximate surface area is 150 Å². The first-order valence-electron chi connectivity index (χ1n) is 8.68. The molecule has 0 saturated carbocycles. The Kier molecular flexibility index (Phi) is 4.99. The lowest BCUT2D eigenvalue weighted by Crippen LogP contribution is -2.26. The summed E-state index contributed by atoms with van der Waals surface area (Å²) in [6, 6.07) is 12.2. The minimum atomic E-state index is -0.639. The molecule has 0 radical (unpaired) electrons. The number of nitrogens with zero attached hydrogens (tertiary/aromatic N) is 2. The molecule has 6 heteroatoms. The highest BCUT2D eigenvalue weighted by molar-refractivity contribution is 7.85. The van der Waals surface area contributed by atoms with Crippen LogP contribution in [0.2, 0.25) is 0 Å². The minimum Gasteiger partial charge on any atom is -0.484 e. The Morgan fingerprint density at radius 3 is 2.92 bits per heavy atom. The van der Waals surface area contributed by atoms with Gasteiger partial charge in [-0.3, -0.25) is 9.11 Å². The molecule has 0 spiro atoms. The van der Waals surface area contributed by atoms with Crippen molar-refractivity contribution in [1.82, 2.24) is 9.88 Å². The van der Waals surface area contributed by atoms with Crippen LogP contribution in [0.5, 0.6) is 11.6 Å². The topological polar surface area (TPSA) is 51.7 Å². The van der Waals surface area contributed by atoms with Gasteiger partial charge >= 0.3 is 0 Å². The molecule has 1 aromatic heterocycles. The first kappa shape index (κ1) is 16.5. The van der Waals surface area contributed by atoms with Crippen LogP contribution in [-0.4, -0.2) is 45.3 Å². The molecule has 132 valence electrons. The molecule has 0 aliphatic carbocycles. The van der Waals surface area contributed by atoms with Gasteiger partial charge in [0.1, 0.15) is 6.61 Å². The molecular formula is C19H22N2O3S. The van der Waals surface area contributed by atoms with Crippen molar-refractivity contribution in [2.24, 2.45) is 0 Å². The highest BCUT2D eigenvalue weighted by atomic mass is 32.2. The fraction of sp³-hybridized carbons (Fsp3) is 0.421. The summed E-state index contributed by atoms with van der Waals surface area (Å²) in [6.45, 7) is 3.34. The van der Waals surface area contributed by atoms with Gasteiger partial charge in [-0.2, -0.15) is 0 Å². The zero-order chi connectivity index (χ0) is 17.1. The first-order valence-corrected chi connectivity index (χ1v) is 10.2. The Bertz CT molecular complexity index is 751. The van der Waals surface area contributed by atoms with Crippen LogP contribution >= 0.6 is 0 Å². The average molecular weight is 358 g/mol. The van der Waals surface area contributed by atoms with Crippen LogP contribution in [0, 0.1) is 0 Å². The number of hydrogen-bond donors (Lipinski definition) is 0. The smallest absolute Gasteiger partial charge is 0.257 e. The molecule has 2 aromatic rings. The molecule has 0 N–H and O–H groups in total. The molecule has 2 aliphatic heterocycles. The standard InChI is InChI=1S/C19H22N2O3S/c22-25-11-2-9-21(10-12-25)13-15-4-6-16(7-5-15)18-14-23-17-3-1-8-20-19(17)24-18/h1,3-8,18H,2,9-14H2. The molecule has 1 fully saturated rings. The third kappa shape index (κ3) is 4.02. The molecule has 1 saturated heterocycles. The second kappa shape index (κ2) is 7.54. The van der Waals surface area contributed by atoms with Crippen LogP contribution in [0.4, 0.5) is 0 Å². The lowest BCUT2D eigenvalue weighted by atomic mass is 10.1. The van der Waals surface area contributed by atoms with Gasteiger partial charge in [0.05, 0.1) is 0 Å². The number of fused-ring (bicyclic) bond motifs is 1. The molecule has 2 aliphatic rings. The van der Waals surface area contributed by atoms with Gasteiger partial charge in [0, 0.05) is 41.6 Å². The third-order valence-corrected chi connectivity index (χ3v) is 6.00. The molecule has 25 heavy (non-hydrogen) atoms. The number of benzene rings is 1. The Morgan fingerprint density at radius 2 is 2.04 bits per heavy atom. The predicted octanol–water partition coefficient (Wildman–Crippen LogP) is 2.55. The number of rotatable bonds is 3. The molecule has 4 rings (SSSR count). The van der Waals surface area contributed by atoms with Crippen molar-refractivity contribution in [1.29, 1.82) is 0 Å². The third-order valence-electron chi connectivity index (χ3n) is 4.62. The number of hydrogen-bond acceptors (Lipinski definition) is 5. The molecule has 2 atom stereocenters. The SMILES string of the molecule is O=S1CCCN(Cc2ccc(C3COc4cccnc4O3)cc2)CC1. The van der Waals surface area contributed by atoms with E-state index in [0.29, 0.717) is 18.2 Å². The number of pyridine rings is 1. The quantitative estimate of drug-likeness (QED) is 0.844. The fourth-order valence-corrected chi connectivity index (χ4v) is 4.34. The van der Waals surface area contributed by atoms with Crippen LogP contribution in [0.1, 0.15) is 23.7 Å². The van der Waals surface area contributed by atoms with Gasteiger partial charge in [0.15, 0.2) is 11.9 Å². The lowest BCUT2D eigenvalue weighted by Gasteiger charge is -2.26. The summed E-state index contributed by atoms with van der Waals surface area (Å²) < 4.78 is 23.3. The summed E-state index contributed by atoms with van der Waals surface area (Å²) in [6.07, 6.45) is 2.60. The molecule has 3 heterocycles. The van der Waals surface area contributed by atoms with Crippen LogP contribution in [-0.2, 0) is 17.3 Å². The van der Waals surface area contributed by atoms with Crippen LogP contribution < -0.4 is 9.47 Å². The van der Waals surface area contributed by atoms with Gasteiger partial charge in [-0.15, -0.1) is 0 Å². The van der Waals surface area contributed by atoms with Crippen LogP contribution in [0.15, 0.2) is 42.6 Å². The van der Waals surface area contributed by atoms with Crippen molar-refractivity contribution < 1.29 is 13.7 Å². The summed E-state index contributed by atoms with van der Waals surface area (Å²) in [5, 5.41) is 0. The Hall–Kier alpha value is -1.92. The summed E-state index contributed by atoms with van der Waals surface area (Å²) >= 11 is 0. The van der Waals surface area contributed by atoms with Gasteiger partial charge in [-0.25, -0.2) is 4.98 Å². The fourth-order valence-electron chi connectivity index (χ4n) is 3.22. The van der Waals surface area contributed by atoms with E-state index in [-0.39, 0.29) is 6.10 Å². The summed E-state index contributed by atoms with van der Waals surface area (Å²) in [7, 11) is -0.639. The molecule has 2 unspecified atom stereocenters. The number of ether oxygens (including phenoxy) is 2. The Balaban J connectivity index is 1.40. The van der Waals surface area contributed by atoms with E-state index in [0.717, 1.165) is 43.1 Å². The molecule has 0 bridgehead atoms. The molecular weight excluding hydrogens is 336 g/mol. The van der Waals surface area contributed by atoms with Gasteiger partial charge in [0.2, 0.25) is 0 Å². The maximum absolute atomic E-state index is 11.6. The summed E-state index contributed by atoms with van der Waals surface area (Å²) in [4.78, 5) is 6.62. The van der Waals surface area contributed by atoms with Crippen molar-refractivity contribution in [3.63, 3.8) is 0 Å². The predicted molar refractivity (Wildman–Crippen MR) is 97.3 cm³/mol. The first-order chi connectivity index (χ1) is 12.3. The zero-order valence-electron chi connectivity index (χ0n) is 14.1. The van der Waals surface area contributed by atoms with E-state index < -0.39 is 10.8 Å². The van der Waals surface area contributed by atoms with Crippen molar-refractivity contribution >= 4 is 10.8 Å². The van der Waals surface area contributed by atoms with E-state index >= 15 is 0 Å².